The summed E-state index contributed by atoms with van der Waals surface area (Å²) < 4.78 is 1.91. The van der Waals surface area contributed by atoms with Gasteiger partial charge in [-0.25, -0.2) is 0 Å². The maximum atomic E-state index is 12.7. The van der Waals surface area contributed by atoms with Crippen LogP contribution in [0.4, 0.5) is 0 Å². The van der Waals surface area contributed by atoms with E-state index in [0.717, 1.165) is 22.4 Å². The first kappa shape index (κ1) is 22.6. The van der Waals surface area contributed by atoms with Crippen LogP contribution in [0.5, 0.6) is 5.75 Å². The van der Waals surface area contributed by atoms with Crippen molar-refractivity contribution in [2.24, 2.45) is 0 Å². The summed E-state index contributed by atoms with van der Waals surface area (Å²) in [5.74, 6) is 0.763. The summed E-state index contributed by atoms with van der Waals surface area (Å²) in [5.41, 5.74) is 4.74. The normalized spacial score (nSPS) is 11.8. The van der Waals surface area contributed by atoms with Crippen molar-refractivity contribution in [1.82, 2.24) is 20.1 Å². The fraction of sp³-hybridized carbons (Fsp3) is 0.192. The summed E-state index contributed by atoms with van der Waals surface area (Å²) >= 11 is 1.32. The van der Waals surface area contributed by atoms with Gasteiger partial charge < -0.3 is 10.4 Å². The van der Waals surface area contributed by atoms with Gasteiger partial charge in [0.25, 0.3) is 0 Å². The van der Waals surface area contributed by atoms with E-state index in [0.29, 0.717) is 16.5 Å². The summed E-state index contributed by atoms with van der Waals surface area (Å²) in [6, 6.07) is 22.9. The van der Waals surface area contributed by atoms with Crippen molar-refractivity contribution in [1.29, 1.82) is 0 Å². The van der Waals surface area contributed by atoms with Crippen molar-refractivity contribution < 1.29 is 9.90 Å². The van der Waals surface area contributed by atoms with E-state index in [-0.39, 0.29) is 23.5 Å². The maximum absolute atomic E-state index is 12.7. The van der Waals surface area contributed by atoms with Crippen LogP contribution in [0.1, 0.15) is 29.7 Å². The minimum absolute atomic E-state index is 0.0874. The van der Waals surface area contributed by atoms with E-state index in [1.54, 1.807) is 12.1 Å². The van der Waals surface area contributed by atoms with Gasteiger partial charge in [0.1, 0.15) is 5.75 Å². The predicted octanol–water partition coefficient (Wildman–Crippen LogP) is 5.23. The lowest BCUT2D eigenvalue weighted by molar-refractivity contribution is -0.119. The monoisotopic (exact) mass is 458 g/mol. The van der Waals surface area contributed by atoms with E-state index in [1.807, 2.05) is 79.9 Å². The van der Waals surface area contributed by atoms with Crippen LogP contribution in [0.15, 0.2) is 78.0 Å². The molecule has 0 aliphatic rings. The number of para-hydroxylation sites is 1. The van der Waals surface area contributed by atoms with E-state index in [4.69, 9.17) is 0 Å². The highest BCUT2D eigenvalue weighted by Gasteiger charge is 2.20. The van der Waals surface area contributed by atoms with Crippen molar-refractivity contribution in [2.75, 3.05) is 5.75 Å². The van der Waals surface area contributed by atoms with Crippen molar-refractivity contribution in [3.63, 3.8) is 0 Å². The Labute approximate surface area is 197 Å². The molecule has 1 heterocycles. The van der Waals surface area contributed by atoms with Gasteiger partial charge in [0, 0.05) is 0 Å². The van der Waals surface area contributed by atoms with Gasteiger partial charge in [-0.05, 0) is 50.1 Å². The molecule has 168 valence electrons. The summed E-state index contributed by atoms with van der Waals surface area (Å²) in [6.45, 7) is 6.03. The van der Waals surface area contributed by atoms with Crippen LogP contribution >= 0.6 is 11.8 Å². The van der Waals surface area contributed by atoms with Crippen LogP contribution < -0.4 is 5.32 Å². The third-order valence-corrected chi connectivity index (χ3v) is 6.31. The number of benzene rings is 3. The average molecular weight is 459 g/mol. The molecule has 0 fully saturated rings. The molecule has 0 bridgehead atoms. The molecule has 1 amide bonds. The van der Waals surface area contributed by atoms with Gasteiger partial charge in [0.15, 0.2) is 11.0 Å². The van der Waals surface area contributed by atoms with Crippen LogP contribution in [-0.4, -0.2) is 31.5 Å². The first-order valence-electron chi connectivity index (χ1n) is 10.7. The summed E-state index contributed by atoms with van der Waals surface area (Å²) in [7, 11) is 0. The van der Waals surface area contributed by atoms with Crippen molar-refractivity contribution in [2.45, 2.75) is 32.0 Å². The number of amides is 1. The van der Waals surface area contributed by atoms with E-state index in [2.05, 4.69) is 21.6 Å². The smallest absolute Gasteiger partial charge is 0.230 e. The second-order valence-corrected chi connectivity index (χ2v) is 8.88. The van der Waals surface area contributed by atoms with Crippen molar-refractivity contribution in [3.05, 3.63) is 89.5 Å². The third kappa shape index (κ3) is 5.09. The highest BCUT2D eigenvalue weighted by atomic mass is 32.2. The number of hydrogen-bond acceptors (Lipinski definition) is 5. The number of carbonyl (C=O) groups excluding carboxylic acids is 1. The lowest BCUT2D eigenvalue weighted by atomic mass is 10.1. The Morgan fingerprint density at radius 1 is 1.03 bits per heavy atom. The molecule has 33 heavy (non-hydrogen) atoms. The van der Waals surface area contributed by atoms with E-state index in [9.17, 15) is 9.90 Å². The fourth-order valence-electron chi connectivity index (χ4n) is 3.71. The summed E-state index contributed by atoms with van der Waals surface area (Å²) in [4.78, 5) is 12.7. The minimum Gasteiger partial charge on any atom is -0.507 e. The molecule has 3 aromatic carbocycles. The molecule has 2 N–H and O–H groups in total. The molecule has 1 aromatic heterocycles. The SMILES string of the molecule is Cc1ccc(-n2c(SCC(=O)N[C@H](C)c3ccccc3)nnc2-c2ccccc2O)c(C)c1. The summed E-state index contributed by atoms with van der Waals surface area (Å²) in [5, 5.41) is 22.8. The molecule has 0 saturated carbocycles. The molecule has 0 spiro atoms. The lowest BCUT2D eigenvalue weighted by Gasteiger charge is -2.15. The first-order valence-corrected chi connectivity index (χ1v) is 11.7. The number of thioether (sulfide) groups is 1. The maximum Gasteiger partial charge on any atom is 0.230 e. The summed E-state index contributed by atoms with van der Waals surface area (Å²) in [6.07, 6.45) is 0. The van der Waals surface area contributed by atoms with Gasteiger partial charge in [-0.1, -0.05) is 71.9 Å². The highest BCUT2D eigenvalue weighted by Crippen LogP contribution is 2.33. The number of nitrogens with one attached hydrogen (secondary N) is 1. The lowest BCUT2D eigenvalue weighted by Crippen LogP contribution is -2.28. The van der Waals surface area contributed by atoms with Gasteiger partial charge in [-0.15, -0.1) is 10.2 Å². The van der Waals surface area contributed by atoms with Crippen LogP contribution in [0.2, 0.25) is 0 Å². The van der Waals surface area contributed by atoms with Crippen LogP contribution in [0.25, 0.3) is 17.1 Å². The molecule has 1 atom stereocenters. The largest absolute Gasteiger partial charge is 0.507 e. The number of phenols is 1. The molecule has 4 rings (SSSR count). The zero-order valence-electron chi connectivity index (χ0n) is 18.8. The molecule has 7 heteroatoms. The Bertz CT molecular complexity index is 1270. The Morgan fingerprint density at radius 3 is 2.48 bits per heavy atom. The quantitative estimate of drug-likeness (QED) is 0.371. The number of aromatic nitrogens is 3. The van der Waals surface area contributed by atoms with E-state index in [1.165, 1.54) is 11.8 Å². The molecule has 0 aliphatic heterocycles. The zero-order valence-corrected chi connectivity index (χ0v) is 19.6. The molecule has 0 unspecified atom stereocenters. The fourth-order valence-corrected chi connectivity index (χ4v) is 4.47. The van der Waals surface area contributed by atoms with Crippen LogP contribution in [-0.2, 0) is 4.79 Å². The topological polar surface area (TPSA) is 80.0 Å². The predicted molar refractivity (Wildman–Crippen MR) is 132 cm³/mol. The zero-order chi connectivity index (χ0) is 23.4. The molecular weight excluding hydrogens is 432 g/mol. The molecular formula is C26H26N4O2S. The third-order valence-electron chi connectivity index (χ3n) is 5.38. The minimum atomic E-state index is -0.0895. The highest BCUT2D eigenvalue weighted by molar-refractivity contribution is 7.99. The van der Waals surface area contributed by atoms with Crippen LogP contribution in [0.3, 0.4) is 0 Å². The average Bonchev–Trinajstić information content (AvgIpc) is 3.22. The molecule has 6 nitrogen and oxygen atoms in total. The Morgan fingerprint density at radius 2 is 1.76 bits per heavy atom. The number of carbonyl (C=O) groups is 1. The number of nitrogens with zero attached hydrogens (tertiary/aromatic N) is 3. The van der Waals surface area contributed by atoms with Gasteiger partial charge in [-0.3, -0.25) is 9.36 Å². The van der Waals surface area contributed by atoms with Gasteiger partial charge in [-0.2, -0.15) is 0 Å². The number of rotatable bonds is 7. The number of aromatic hydroxyl groups is 1. The number of hydrogen-bond donors (Lipinski definition) is 2. The molecule has 0 saturated heterocycles. The van der Waals surface area contributed by atoms with Crippen molar-refractivity contribution in [3.8, 4) is 22.8 Å². The molecule has 0 radical (unpaired) electrons. The van der Waals surface area contributed by atoms with Crippen LogP contribution in [0, 0.1) is 13.8 Å². The molecule has 0 aliphatic carbocycles. The Balaban J connectivity index is 1.62. The molecule has 4 aromatic rings. The standard InChI is InChI=1S/C26H26N4O2S/c1-17-13-14-22(18(2)15-17)30-25(21-11-7-8-12-23(21)31)28-29-26(30)33-16-24(32)27-19(3)20-9-5-4-6-10-20/h4-15,19,31H,16H2,1-3H3,(H,27,32)/t19-/m1/s1. The van der Waals surface area contributed by atoms with E-state index >= 15 is 0 Å². The Kier molecular flexibility index (Phi) is 6.79. The first-order chi connectivity index (χ1) is 15.9. The second-order valence-electron chi connectivity index (χ2n) is 7.94. The van der Waals surface area contributed by atoms with Crippen molar-refractivity contribution >= 4 is 17.7 Å². The van der Waals surface area contributed by atoms with Gasteiger partial charge in [0.2, 0.25) is 5.91 Å². The van der Waals surface area contributed by atoms with E-state index < -0.39 is 0 Å². The van der Waals surface area contributed by atoms with Gasteiger partial charge >= 0.3 is 0 Å². The second kappa shape index (κ2) is 9.92. The Hall–Kier alpha value is -3.58. The number of aryl methyl sites for hydroxylation is 2. The van der Waals surface area contributed by atoms with Gasteiger partial charge in [0.05, 0.1) is 23.0 Å². The number of phenolic OH excluding ortho intramolecular Hbond substituents is 1.